The fourth-order valence-corrected chi connectivity index (χ4v) is 1.92. The van der Waals surface area contributed by atoms with Crippen LogP contribution >= 0.6 is 0 Å². The molecule has 0 fully saturated rings. The molecule has 2 rings (SSSR count). The van der Waals surface area contributed by atoms with Crippen LogP contribution < -0.4 is 5.32 Å². The number of rotatable bonds is 3. The van der Waals surface area contributed by atoms with Crippen LogP contribution in [0, 0.1) is 6.92 Å². The van der Waals surface area contributed by atoms with Gasteiger partial charge in [-0.25, -0.2) is 0 Å². The van der Waals surface area contributed by atoms with Gasteiger partial charge < -0.3 is 9.88 Å². The van der Waals surface area contributed by atoms with Gasteiger partial charge >= 0.3 is 0 Å². The van der Waals surface area contributed by atoms with E-state index in [-0.39, 0.29) is 5.91 Å². The fraction of sp³-hybridized carbons (Fsp3) is 0.308. The number of hydrogen-bond donors (Lipinski definition) is 1. The number of carbonyl (C=O) groups excluding carboxylic acids is 1. The molecule has 0 saturated heterocycles. The number of carbonyl (C=O) groups is 1. The van der Waals surface area contributed by atoms with Crippen molar-refractivity contribution in [3.8, 4) is 0 Å². The Morgan fingerprint density at radius 2 is 2.19 bits per heavy atom. The molecule has 0 saturated carbocycles. The molecule has 2 aromatic rings. The average Bonchev–Trinajstić information content (AvgIpc) is 2.64. The van der Waals surface area contributed by atoms with Gasteiger partial charge in [-0.2, -0.15) is 0 Å². The van der Waals surface area contributed by atoms with Gasteiger partial charge in [0.05, 0.1) is 0 Å². The lowest BCUT2D eigenvalue weighted by Gasteiger charge is -2.05. The summed E-state index contributed by atoms with van der Waals surface area (Å²) >= 11 is 0. The summed E-state index contributed by atoms with van der Waals surface area (Å²) in [5.74, 6) is 0.0570. The van der Waals surface area contributed by atoms with Crippen molar-refractivity contribution in [2.75, 3.05) is 6.54 Å². The molecule has 1 N–H and O–H groups in total. The van der Waals surface area contributed by atoms with Gasteiger partial charge in [0.25, 0.3) is 0 Å². The lowest BCUT2D eigenvalue weighted by Crippen LogP contribution is -2.26. The summed E-state index contributed by atoms with van der Waals surface area (Å²) in [7, 11) is 0. The van der Waals surface area contributed by atoms with Gasteiger partial charge in [-0.3, -0.25) is 4.79 Å². The first kappa shape index (κ1) is 10.7. The summed E-state index contributed by atoms with van der Waals surface area (Å²) < 4.78 is 1.98. The maximum absolute atomic E-state index is 11.5. The third-order valence-corrected chi connectivity index (χ3v) is 2.72. The SMILES string of the molecule is CCNC(=O)Cn1ccc2c(C)cccc21. The van der Waals surface area contributed by atoms with Crippen LogP contribution in [-0.2, 0) is 11.3 Å². The number of aryl methyl sites for hydroxylation is 1. The first-order valence-electron chi connectivity index (χ1n) is 5.53. The molecule has 0 unspecified atom stereocenters. The van der Waals surface area contributed by atoms with E-state index in [9.17, 15) is 4.79 Å². The van der Waals surface area contributed by atoms with Crippen LogP contribution in [0.5, 0.6) is 0 Å². The second-order valence-electron chi connectivity index (χ2n) is 3.90. The van der Waals surface area contributed by atoms with Crippen molar-refractivity contribution in [1.29, 1.82) is 0 Å². The lowest BCUT2D eigenvalue weighted by atomic mass is 10.1. The first-order chi connectivity index (χ1) is 7.72. The molecular weight excluding hydrogens is 200 g/mol. The molecule has 1 aromatic carbocycles. The molecule has 1 aromatic heterocycles. The largest absolute Gasteiger partial charge is 0.355 e. The van der Waals surface area contributed by atoms with Crippen molar-refractivity contribution in [3.05, 3.63) is 36.0 Å². The standard InChI is InChI=1S/C13H16N2O/c1-3-14-13(16)9-15-8-7-11-10(2)5-4-6-12(11)15/h4-8H,3,9H2,1-2H3,(H,14,16). The Balaban J connectivity index is 2.32. The molecule has 0 spiro atoms. The summed E-state index contributed by atoms with van der Waals surface area (Å²) in [4.78, 5) is 11.5. The number of fused-ring (bicyclic) bond motifs is 1. The van der Waals surface area contributed by atoms with Crippen LogP contribution in [0.3, 0.4) is 0 Å². The Kier molecular flexibility index (Phi) is 2.95. The van der Waals surface area contributed by atoms with Gasteiger partial charge in [0, 0.05) is 23.6 Å². The summed E-state index contributed by atoms with van der Waals surface area (Å²) in [6.07, 6.45) is 1.97. The molecule has 0 atom stereocenters. The van der Waals surface area contributed by atoms with Crippen LogP contribution in [0.15, 0.2) is 30.5 Å². The highest BCUT2D eigenvalue weighted by Crippen LogP contribution is 2.19. The van der Waals surface area contributed by atoms with Crippen LogP contribution in [0.1, 0.15) is 12.5 Å². The predicted molar refractivity (Wildman–Crippen MR) is 65.4 cm³/mol. The predicted octanol–water partition coefficient (Wildman–Crippen LogP) is 2.09. The number of benzene rings is 1. The number of nitrogens with zero attached hydrogens (tertiary/aromatic N) is 1. The van der Waals surface area contributed by atoms with E-state index in [1.165, 1.54) is 10.9 Å². The molecule has 0 aliphatic carbocycles. The highest BCUT2D eigenvalue weighted by Gasteiger charge is 2.05. The van der Waals surface area contributed by atoms with Gasteiger partial charge in [0.2, 0.25) is 5.91 Å². The highest BCUT2D eigenvalue weighted by molar-refractivity contribution is 5.85. The second-order valence-corrected chi connectivity index (χ2v) is 3.90. The topological polar surface area (TPSA) is 34.0 Å². The van der Waals surface area contributed by atoms with Crippen molar-refractivity contribution < 1.29 is 4.79 Å². The van der Waals surface area contributed by atoms with E-state index >= 15 is 0 Å². The maximum atomic E-state index is 11.5. The molecule has 1 amide bonds. The summed E-state index contributed by atoms with van der Waals surface area (Å²) in [6, 6.07) is 8.20. The first-order valence-corrected chi connectivity index (χ1v) is 5.53. The van der Waals surface area contributed by atoms with E-state index in [1.54, 1.807) is 0 Å². The van der Waals surface area contributed by atoms with Gasteiger partial charge in [-0.1, -0.05) is 12.1 Å². The number of likely N-dealkylation sites (N-methyl/N-ethyl adjacent to an activating group) is 1. The van der Waals surface area contributed by atoms with Crippen LogP contribution in [-0.4, -0.2) is 17.0 Å². The minimum absolute atomic E-state index is 0.0570. The Bertz CT molecular complexity index is 514. The van der Waals surface area contributed by atoms with E-state index in [4.69, 9.17) is 0 Å². The molecule has 0 aliphatic heterocycles. The van der Waals surface area contributed by atoms with Gasteiger partial charge in [0.1, 0.15) is 6.54 Å². The Morgan fingerprint density at radius 1 is 1.38 bits per heavy atom. The molecular formula is C13H16N2O. The molecule has 3 heteroatoms. The van der Waals surface area contributed by atoms with Crippen molar-refractivity contribution >= 4 is 16.8 Å². The molecule has 0 aliphatic rings. The minimum atomic E-state index is 0.0570. The molecule has 1 heterocycles. The smallest absolute Gasteiger partial charge is 0.239 e. The fourth-order valence-electron chi connectivity index (χ4n) is 1.92. The summed E-state index contributed by atoms with van der Waals surface area (Å²) in [6.45, 7) is 5.08. The summed E-state index contributed by atoms with van der Waals surface area (Å²) in [5.41, 5.74) is 2.36. The van der Waals surface area contributed by atoms with Gasteiger partial charge in [-0.05, 0) is 31.5 Å². The normalized spacial score (nSPS) is 10.6. The van der Waals surface area contributed by atoms with Crippen LogP contribution in [0.2, 0.25) is 0 Å². The maximum Gasteiger partial charge on any atom is 0.239 e. The van der Waals surface area contributed by atoms with E-state index in [0.717, 1.165) is 5.52 Å². The zero-order chi connectivity index (χ0) is 11.5. The van der Waals surface area contributed by atoms with Crippen molar-refractivity contribution in [1.82, 2.24) is 9.88 Å². The van der Waals surface area contributed by atoms with Crippen molar-refractivity contribution in [2.45, 2.75) is 20.4 Å². The molecule has 16 heavy (non-hydrogen) atoms. The highest BCUT2D eigenvalue weighted by atomic mass is 16.1. The number of aromatic nitrogens is 1. The van der Waals surface area contributed by atoms with Gasteiger partial charge in [0.15, 0.2) is 0 Å². The van der Waals surface area contributed by atoms with E-state index in [1.807, 2.05) is 29.8 Å². The lowest BCUT2D eigenvalue weighted by molar-refractivity contribution is -0.121. The monoisotopic (exact) mass is 216 g/mol. The van der Waals surface area contributed by atoms with E-state index in [0.29, 0.717) is 13.1 Å². The Hall–Kier alpha value is -1.77. The zero-order valence-corrected chi connectivity index (χ0v) is 9.66. The van der Waals surface area contributed by atoms with Crippen LogP contribution in [0.25, 0.3) is 10.9 Å². The third-order valence-electron chi connectivity index (χ3n) is 2.72. The van der Waals surface area contributed by atoms with Crippen molar-refractivity contribution in [3.63, 3.8) is 0 Å². The average molecular weight is 216 g/mol. The Morgan fingerprint density at radius 3 is 2.94 bits per heavy atom. The number of amides is 1. The van der Waals surface area contributed by atoms with E-state index in [2.05, 4.69) is 24.4 Å². The molecule has 0 radical (unpaired) electrons. The van der Waals surface area contributed by atoms with E-state index < -0.39 is 0 Å². The molecule has 3 nitrogen and oxygen atoms in total. The number of hydrogen-bond acceptors (Lipinski definition) is 1. The summed E-state index contributed by atoms with van der Waals surface area (Å²) in [5, 5.41) is 4.02. The van der Waals surface area contributed by atoms with Gasteiger partial charge in [-0.15, -0.1) is 0 Å². The number of nitrogens with one attached hydrogen (secondary N) is 1. The molecule has 84 valence electrons. The van der Waals surface area contributed by atoms with Crippen molar-refractivity contribution in [2.24, 2.45) is 0 Å². The second kappa shape index (κ2) is 4.39. The minimum Gasteiger partial charge on any atom is -0.355 e. The zero-order valence-electron chi connectivity index (χ0n) is 9.66. The quantitative estimate of drug-likeness (QED) is 0.837. The Labute approximate surface area is 95.1 Å². The third kappa shape index (κ3) is 1.94. The molecule has 0 bridgehead atoms. The van der Waals surface area contributed by atoms with Crippen LogP contribution in [0.4, 0.5) is 0 Å².